The summed E-state index contributed by atoms with van der Waals surface area (Å²) >= 11 is 0. The van der Waals surface area contributed by atoms with Crippen LogP contribution in [0.4, 0.5) is 5.69 Å². The van der Waals surface area contributed by atoms with Crippen molar-refractivity contribution >= 4 is 23.4 Å². The summed E-state index contributed by atoms with van der Waals surface area (Å²) in [6, 6.07) is 3.50. The Balaban J connectivity index is 3.14. The summed E-state index contributed by atoms with van der Waals surface area (Å²) in [4.78, 5) is 43.9. The van der Waals surface area contributed by atoms with Gasteiger partial charge in [0.05, 0.1) is 24.7 Å². The van der Waals surface area contributed by atoms with Gasteiger partial charge in [0.15, 0.2) is 0 Å². The summed E-state index contributed by atoms with van der Waals surface area (Å²) in [5.41, 5.74) is -0.448. The van der Waals surface area contributed by atoms with Crippen LogP contribution < -0.4 is 0 Å². The van der Waals surface area contributed by atoms with Gasteiger partial charge in [-0.05, 0) is 6.07 Å². The zero-order chi connectivity index (χ0) is 15.3. The van der Waals surface area contributed by atoms with Crippen LogP contribution in [-0.4, -0.2) is 36.9 Å². The molecule has 0 heterocycles. The minimum absolute atomic E-state index is 0.0121. The van der Waals surface area contributed by atoms with Gasteiger partial charge in [-0.2, -0.15) is 0 Å². The monoisotopic (exact) mass is 281 g/mol. The highest BCUT2D eigenvalue weighted by atomic mass is 16.6. The fourth-order valence-electron chi connectivity index (χ4n) is 1.49. The Hall–Kier alpha value is -2.77. The molecule has 8 heteroatoms. The third-order valence-corrected chi connectivity index (χ3v) is 2.47. The number of nitro benzene ring substituents is 1. The van der Waals surface area contributed by atoms with Gasteiger partial charge >= 0.3 is 11.9 Å². The average molecular weight is 281 g/mol. The van der Waals surface area contributed by atoms with E-state index in [1.807, 2.05) is 0 Å². The summed E-state index contributed by atoms with van der Waals surface area (Å²) in [6.45, 7) is 0. The van der Waals surface area contributed by atoms with Gasteiger partial charge in [-0.1, -0.05) is 6.07 Å². The molecular formula is C12H11NO7. The fourth-order valence-corrected chi connectivity index (χ4v) is 1.49. The molecule has 0 aliphatic carbocycles. The van der Waals surface area contributed by atoms with Crippen LogP contribution in [0.5, 0.6) is 0 Å². The number of ketones is 1. The molecule has 0 unspecified atom stereocenters. The van der Waals surface area contributed by atoms with E-state index >= 15 is 0 Å². The molecule has 0 spiro atoms. The van der Waals surface area contributed by atoms with Crippen LogP contribution in [-0.2, 0) is 25.5 Å². The molecule has 1 aromatic rings. The van der Waals surface area contributed by atoms with Gasteiger partial charge < -0.3 is 9.47 Å². The first-order valence-electron chi connectivity index (χ1n) is 5.37. The lowest BCUT2D eigenvalue weighted by atomic mass is 10.0. The van der Waals surface area contributed by atoms with E-state index in [2.05, 4.69) is 9.47 Å². The van der Waals surface area contributed by atoms with Crippen LogP contribution in [0.3, 0.4) is 0 Å². The van der Waals surface area contributed by atoms with E-state index in [1.165, 1.54) is 12.1 Å². The number of methoxy groups -OCH3 is 2. The topological polar surface area (TPSA) is 113 Å². The van der Waals surface area contributed by atoms with Crippen molar-refractivity contribution in [1.29, 1.82) is 0 Å². The van der Waals surface area contributed by atoms with E-state index in [0.29, 0.717) is 0 Å². The molecule has 0 saturated carbocycles. The van der Waals surface area contributed by atoms with Crippen molar-refractivity contribution in [2.45, 2.75) is 6.42 Å². The summed E-state index contributed by atoms with van der Waals surface area (Å²) < 4.78 is 8.68. The van der Waals surface area contributed by atoms with E-state index in [-0.39, 0.29) is 11.1 Å². The molecule has 106 valence electrons. The number of Topliss-reactive ketones (excluding diaryl/α,β-unsaturated/α-hetero) is 1. The Morgan fingerprint density at radius 1 is 1.20 bits per heavy atom. The molecule has 1 rings (SSSR count). The smallest absolute Gasteiger partial charge is 0.374 e. The zero-order valence-corrected chi connectivity index (χ0v) is 10.7. The average Bonchev–Trinajstić information content (AvgIpc) is 2.45. The fraction of sp³-hybridized carbons (Fsp3) is 0.250. The first-order valence-corrected chi connectivity index (χ1v) is 5.37. The lowest BCUT2D eigenvalue weighted by Gasteiger charge is -2.04. The molecule has 0 N–H and O–H groups in total. The van der Waals surface area contributed by atoms with Crippen molar-refractivity contribution in [1.82, 2.24) is 0 Å². The molecule has 0 fully saturated rings. The normalized spacial score (nSPS) is 9.70. The Morgan fingerprint density at radius 3 is 2.35 bits per heavy atom. The molecule has 0 saturated heterocycles. The number of carbonyl (C=O) groups is 3. The van der Waals surface area contributed by atoms with Gasteiger partial charge in [-0.3, -0.25) is 14.9 Å². The second-order valence-corrected chi connectivity index (χ2v) is 3.68. The Bertz CT molecular complexity index is 579. The molecule has 0 amide bonds. The second-order valence-electron chi connectivity index (χ2n) is 3.68. The van der Waals surface area contributed by atoms with Gasteiger partial charge in [-0.15, -0.1) is 0 Å². The number of nitro groups is 1. The highest BCUT2D eigenvalue weighted by Crippen LogP contribution is 2.21. The largest absolute Gasteiger partial charge is 0.465 e. The molecule has 1 aromatic carbocycles. The van der Waals surface area contributed by atoms with Crippen molar-refractivity contribution in [3.8, 4) is 0 Å². The molecule has 8 nitrogen and oxygen atoms in total. The van der Waals surface area contributed by atoms with Gasteiger partial charge in [0.2, 0.25) is 5.78 Å². The van der Waals surface area contributed by atoms with Crippen LogP contribution in [0.25, 0.3) is 0 Å². The molecule has 0 bridgehead atoms. The number of ether oxygens (including phenoxy) is 2. The number of benzene rings is 1. The molecule has 0 aliphatic rings. The minimum Gasteiger partial charge on any atom is -0.465 e. The van der Waals surface area contributed by atoms with Crippen LogP contribution in [0.1, 0.15) is 15.9 Å². The quantitative estimate of drug-likeness (QED) is 0.337. The second kappa shape index (κ2) is 6.41. The van der Waals surface area contributed by atoms with E-state index in [9.17, 15) is 24.5 Å². The van der Waals surface area contributed by atoms with Crippen LogP contribution in [0, 0.1) is 10.1 Å². The third kappa shape index (κ3) is 3.37. The number of rotatable bonds is 5. The summed E-state index contributed by atoms with van der Waals surface area (Å²) in [7, 11) is 2.18. The summed E-state index contributed by atoms with van der Waals surface area (Å²) in [5.74, 6) is -2.74. The minimum atomic E-state index is -1.09. The summed E-state index contributed by atoms with van der Waals surface area (Å²) in [6.07, 6.45) is -0.482. The molecule has 20 heavy (non-hydrogen) atoms. The Kier molecular flexibility index (Phi) is 4.90. The first-order chi connectivity index (χ1) is 9.40. The number of nitrogens with zero attached hydrogens (tertiary/aromatic N) is 1. The van der Waals surface area contributed by atoms with Crippen molar-refractivity contribution in [2.24, 2.45) is 0 Å². The predicted octanol–water partition coefficient (Wildman–Crippen LogP) is 0.666. The van der Waals surface area contributed by atoms with E-state index in [0.717, 1.165) is 20.3 Å². The highest BCUT2D eigenvalue weighted by molar-refractivity contribution is 6.34. The number of carbonyl (C=O) groups excluding carboxylic acids is 3. The Morgan fingerprint density at radius 2 is 1.85 bits per heavy atom. The maximum Gasteiger partial charge on any atom is 0.374 e. The molecule has 0 aliphatic heterocycles. The van der Waals surface area contributed by atoms with Crippen molar-refractivity contribution in [3.63, 3.8) is 0 Å². The van der Waals surface area contributed by atoms with Gasteiger partial charge in [0.1, 0.15) is 0 Å². The molecule has 0 aromatic heterocycles. The van der Waals surface area contributed by atoms with E-state index in [1.54, 1.807) is 0 Å². The number of hydrogen-bond acceptors (Lipinski definition) is 7. The number of esters is 2. The lowest BCUT2D eigenvalue weighted by Crippen LogP contribution is -2.18. The van der Waals surface area contributed by atoms with Crippen LogP contribution in [0.2, 0.25) is 0 Å². The van der Waals surface area contributed by atoms with E-state index in [4.69, 9.17) is 0 Å². The SMILES string of the molecule is COC(=O)C(=O)Cc1ccc(C(=O)OC)cc1[N+](=O)[O-]. The molecule has 0 atom stereocenters. The first kappa shape index (κ1) is 15.3. The van der Waals surface area contributed by atoms with Gasteiger partial charge in [0.25, 0.3) is 5.69 Å². The molecule has 0 radical (unpaired) electrons. The highest BCUT2D eigenvalue weighted by Gasteiger charge is 2.23. The predicted molar refractivity (Wildman–Crippen MR) is 65.2 cm³/mol. The van der Waals surface area contributed by atoms with Gasteiger partial charge in [0, 0.05) is 18.1 Å². The maximum atomic E-state index is 11.4. The van der Waals surface area contributed by atoms with Crippen LogP contribution >= 0.6 is 0 Å². The molecular weight excluding hydrogens is 270 g/mol. The van der Waals surface area contributed by atoms with Crippen LogP contribution in [0.15, 0.2) is 18.2 Å². The zero-order valence-electron chi connectivity index (χ0n) is 10.7. The van der Waals surface area contributed by atoms with Gasteiger partial charge in [-0.25, -0.2) is 9.59 Å². The Labute approximate surface area is 113 Å². The van der Waals surface area contributed by atoms with Crippen molar-refractivity contribution in [3.05, 3.63) is 39.4 Å². The third-order valence-electron chi connectivity index (χ3n) is 2.47. The maximum absolute atomic E-state index is 11.4. The van der Waals surface area contributed by atoms with Crippen molar-refractivity contribution < 1.29 is 28.8 Å². The van der Waals surface area contributed by atoms with E-state index < -0.39 is 34.8 Å². The van der Waals surface area contributed by atoms with Crippen molar-refractivity contribution in [2.75, 3.05) is 14.2 Å². The lowest BCUT2D eigenvalue weighted by molar-refractivity contribution is -0.385. The standard InChI is InChI=1S/C12H11NO7/c1-19-11(15)8-4-3-7(9(5-8)13(17)18)6-10(14)12(16)20-2/h3-5H,6H2,1-2H3. The number of hydrogen-bond donors (Lipinski definition) is 0. The summed E-state index contributed by atoms with van der Waals surface area (Å²) in [5, 5.41) is 10.9.